The first-order chi connectivity index (χ1) is 9.58. The van der Waals surface area contributed by atoms with E-state index in [-0.39, 0.29) is 17.0 Å². The molecule has 3 aromatic rings. The average molecular weight is 269 g/mol. The second kappa shape index (κ2) is 4.49. The van der Waals surface area contributed by atoms with E-state index in [1.54, 1.807) is 37.3 Å². The Kier molecular flexibility index (Phi) is 2.79. The summed E-state index contributed by atoms with van der Waals surface area (Å²) in [5.41, 5.74) is 7.47. The molecule has 0 fully saturated rings. The maximum atomic E-state index is 13.5. The number of benzene rings is 2. The minimum atomic E-state index is -0.425. The number of aryl methyl sites for hydroxylation is 1. The van der Waals surface area contributed by atoms with Crippen molar-refractivity contribution >= 4 is 22.4 Å². The zero-order valence-electron chi connectivity index (χ0n) is 10.8. The summed E-state index contributed by atoms with van der Waals surface area (Å²) in [6.45, 7) is 1.64. The SMILES string of the molecule is Cc1ccc(C(=O)c2oc3ccccc3c2N)cc1F. The smallest absolute Gasteiger partial charge is 0.230 e. The lowest BCUT2D eigenvalue weighted by atomic mass is 10.1. The third-order valence-electron chi connectivity index (χ3n) is 3.27. The minimum Gasteiger partial charge on any atom is -0.450 e. The predicted octanol–water partition coefficient (Wildman–Crippen LogP) is 3.69. The van der Waals surface area contributed by atoms with Crippen LogP contribution in [0, 0.1) is 12.7 Å². The van der Waals surface area contributed by atoms with Crippen molar-refractivity contribution in [3.63, 3.8) is 0 Å². The molecule has 1 heterocycles. The number of carbonyl (C=O) groups is 1. The average Bonchev–Trinajstić information content (AvgIpc) is 2.79. The van der Waals surface area contributed by atoms with E-state index in [2.05, 4.69) is 0 Å². The lowest BCUT2D eigenvalue weighted by molar-refractivity contribution is 0.101. The molecule has 0 aliphatic heterocycles. The van der Waals surface area contributed by atoms with Gasteiger partial charge in [0, 0.05) is 10.9 Å². The van der Waals surface area contributed by atoms with Crippen LogP contribution < -0.4 is 5.73 Å². The molecule has 1 aromatic heterocycles. The van der Waals surface area contributed by atoms with Gasteiger partial charge in [-0.2, -0.15) is 0 Å². The summed E-state index contributed by atoms with van der Waals surface area (Å²) in [7, 11) is 0. The molecule has 2 N–H and O–H groups in total. The Morgan fingerprint density at radius 2 is 1.95 bits per heavy atom. The zero-order chi connectivity index (χ0) is 14.3. The van der Waals surface area contributed by atoms with E-state index in [4.69, 9.17) is 10.2 Å². The van der Waals surface area contributed by atoms with Crippen molar-refractivity contribution in [1.82, 2.24) is 0 Å². The molecule has 3 rings (SSSR count). The topological polar surface area (TPSA) is 56.2 Å². The van der Waals surface area contributed by atoms with Crippen LogP contribution in [0.3, 0.4) is 0 Å². The Morgan fingerprint density at radius 3 is 2.65 bits per heavy atom. The minimum absolute atomic E-state index is 0.0504. The Labute approximate surface area is 114 Å². The molecule has 4 heteroatoms. The third kappa shape index (κ3) is 1.86. The fourth-order valence-electron chi connectivity index (χ4n) is 2.10. The van der Waals surface area contributed by atoms with Crippen LogP contribution in [-0.4, -0.2) is 5.78 Å². The van der Waals surface area contributed by atoms with Crippen LogP contribution in [0.15, 0.2) is 46.9 Å². The number of ketones is 1. The van der Waals surface area contributed by atoms with E-state index < -0.39 is 11.6 Å². The molecular weight excluding hydrogens is 257 g/mol. The van der Waals surface area contributed by atoms with Gasteiger partial charge in [-0.1, -0.05) is 24.3 Å². The summed E-state index contributed by atoms with van der Waals surface area (Å²) >= 11 is 0. The summed E-state index contributed by atoms with van der Waals surface area (Å²) < 4.78 is 19.0. The standard InChI is InChI=1S/C16H12FNO2/c1-9-6-7-10(8-12(9)17)15(19)16-14(18)11-4-2-3-5-13(11)20-16/h2-8H,18H2,1H3. The van der Waals surface area contributed by atoms with E-state index in [1.807, 2.05) is 6.07 Å². The summed E-state index contributed by atoms with van der Waals surface area (Å²) in [5, 5.41) is 0.684. The highest BCUT2D eigenvalue weighted by molar-refractivity contribution is 6.14. The van der Waals surface area contributed by atoms with Gasteiger partial charge in [0.15, 0.2) is 5.76 Å². The van der Waals surface area contributed by atoms with Crippen molar-refractivity contribution in [2.45, 2.75) is 6.92 Å². The van der Waals surface area contributed by atoms with Gasteiger partial charge in [-0.15, -0.1) is 0 Å². The van der Waals surface area contributed by atoms with Gasteiger partial charge in [-0.3, -0.25) is 4.79 Å². The monoisotopic (exact) mass is 269 g/mol. The van der Waals surface area contributed by atoms with E-state index in [0.717, 1.165) is 0 Å². The third-order valence-corrected chi connectivity index (χ3v) is 3.27. The van der Waals surface area contributed by atoms with E-state index in [0.29, 0.717) is 16.5 Å². The summed E-state index contributed by atoms with van der Waals surface area (Å²) in [4.78, 5) is 12.4. The maximum absolute atomic E-state index is 13.5. The van der Waals surface area contributed by atoms with Crippen LogP contribution in [0.4, 0.5) is 10.1 Å². The summed E-state index contributed by atoms with van der Waals surface area (Å²) in [6, 6.07) is 11.4. The van der Waals surface area contributed by atoms with Gasteiger partial charge in [-0.05, 0) is 30.7 Å². The van der Waals surface area contributed by atoms with Crippen LogP contribution in [0.5, 0.6) is 0 Å². The molecule has 0 atom stereocenters. The van der Waals surface area contributed by atoms with Gasteiger partial charge in [-0.25, -0.2) is 4.39 Å². The Hall–Kier alpha value is -2.62. The molecule has 0 unspecified atom stereocenters. The summed E-state index contributed by atoms with van der Waals surface area (Å²) in [5.74, 6) is -0.794. The summed E-state index contributed by atoms with van der Waals surface area (Å²) in [6.07, 6.45) is 0. The van der Waals surface area contributed by atoms with Crippen LogP contribution in [-0.2, 0) is 0 Å². The molecule has 0 bridgehead atoms. The number of nitrogens with two attached hydrogens (primary N) is 1. The largest absolute Gasteiger partial charge is 0.450 e. The van der Waals surface area contributed by atoms with Crippen molar-refractivity contribution < 1.29 is 13.6 Å². The number of hydrogen-bond donors (Lipinski definition) is 1. The first-order valence-corrected chi connectivity index (χ1v) is 6.16. The van der Waals surface area contributed by atoms with Crippen molar-refractivity contribution in [3.05, 3.63) is 65.2 Å². The molecule has 0 saturated heterocycles. The quantitative estimate of drug-likeness (QED) is 0.722. The van der Waals surface area contributed by atoms with Gasteiger partial charge in [0.1, 0.15) is 11.4 Å². The van der Waals surface area contributed by atoms with E-state index in [9.17, 15) is 9.18 Å². The molecule has 2 aromatic carbocycles. The molecule has 0 amide bonds. The molecular formula is C16H12FNO2. The Balaban J connectivity index is 2.12. The van der Waals surface area contributed by atoms with E-state index >= 15 is 0 Å². The number of anilines is 1. The predicted molar refractivity (Wildman–Crippen MR) is 75.2 cm³/mol. The Morgan fingerprint density at radius 1 is 1.20 bits per heavy atom. The van der Waals surface area contributed by atoms with Crippen molar-refractivity contribution in [3.8, 4) is 0 Å². The molecule has 0 radical (unpaired) electrons. The second-order valence-electron chi connectivity index (χ2n) is 4.63. The lowest BCUT2D eigenvalue weighted by Gasteiger charge is -2.01. The zero-order valence-corrected chi connectivity index (χ0v) is 10.8. The number of hydrogen-bond acceptors (Lipinski definition) is 3. The number of furan rings is 1. The van der Waals surface area contributed by atoms with Gasteiger partial charge in [0.25, 0.3) is 0 Å². The number of para-hydroxylation sites is 1. The molecule has 0 spiro atoms. The van der Waals surface area contributed by atoms with Crippen molar-refractivity contribution in [2.75, 3.05) is 5.73 Å². The highest BCUT2D eigenvalue weighted by Crippen LogP contribution is 2.29. The highest BCUT2D eigenvalue weighted by atomic mass is 19.1. The number of nitrogen functional groups attached to an aromatic ring is 1. The van der Waals surface area contributed by atoms with Crippen molar-refractivity contribution in [2.24, 2.45) is 0 Å². The Bertz CT molecular complexity index is 820. The first-order valence-electron chi connectivity index (χ1n) is 6.16. The number of fused-ring (bicyclic) bond motifs is 1. The van der Waals surface area contributed by atoms with E-state index in [1.165, 1.54) is 6.07 Å². The van der Waals surface area contributed by atoms with Crippen LogP contribution in [0.25, 0.3) is 11.0 Å². The highest BCUT2D eigenvalue weighted by Gasteiger charge is 2.20. The van der Waals surface area contributed by atoms with Gasteiger partial charge < -0.3 is 10.2 Å². The lowest BCUT2D eigenvalue weighted by Crippen LogP contribution is -2.04. The van der Waals surface area contributed by atoms with Gasteiger partial charge >= 0.3 is 0 Å². The molecule has 0 saturated carbocycles. The van der Waals surface area contributed by atoms with Gasteiger partial charge in [0.2, 0.25) is 5.78 Å². The van der Waals surface area contributed by atoms with Crippen LogP contribution >= 0.6 is 0 Å². The molecule has 0 aliphatic carbocycles. The van der Waals surface area contributed by atoms with Crippen LogP contribution in [0.2, 0.25) is 0 Å². The maximum Gasteiger partial charge on any atom is 0.230 e. The fraction of sp³-hybridized carbons (Fsp3) is 0.0625. The number of carbonyl (C=O) groups excluding carboxylic acids is 1. The molecule has 100 valence electrons. The van der Waals surface area contributed by atoms with Gasteiger partial charge in [0.05, 0.1) is 5.69 Å². The van der Waals surface area contributed by atoms with Crippen molar-refractivity contribution in [1.29, 1.82) is 0 Å². The molecule has 0 aliphatic rings. The van der Waals surface area contributed by atoms with Crippen LogP contribution in [0.1, 0.15) is 21.7 Å². The second-order valence-corrected chi connectivity index (χ2v) is 4.63. The fourth-order valence-corrected chi connectivity index (χ4v) is 2.10. The normalized spacial score (nSPS) is 10.9. The first kappa shape index (κ1) is 12.4. The molecule has 3 nitrogen and oxygen atoms in total. The number of rotatable bonds is 2. The number of halogens is 1. The molecule has 20 heavy (non-hydrogen) atoms.